The molecule has 5 heteroatoms. The summed E-state index contributed by atoms with van der Waals surface area (Å²) in [5.41, 5.74) is 0.757. The minimum Gasteiger partial charge on any atom is -0.496 e. The Hall–Kier alpha value is -1.78. The molecule has 1 atom stereocenters. The van der Waals surface area contributed by atoms with Crippen molar-refractivity contribution >= 4 is 11.4 Å². The second-order valence-corrected chi connectivity index (χ2v) is 4.01. The smallest absolute Gasteiger partial charge is 0.275 e. The first-order chi connectivity index (χ1) is 8.06. The maximum atomic E-state index is 10.8. The fourth-order valence-electron chi connectivity index (χ4n) is 1.68. The van der Waals surface area contributed by atoms with Crippen LogP contribution in [0.1, 0.15) is 26.7 Å². The molecule has 1 N–H and O–H groups in total. The molecule has 0 heterocycles. The van der Waals surface area contributed by atoms with Crippen LogP contribution in [0.4, 0.5) is 11.4 Å². The number of nitrogens with zero attached hydrogens (tertiary/aromatic N) is 1. The number of anilines is 1. The monoisotopic (exact) mass is 238 g/mol. The third kappa shape index (κ3) is 3.94. The highest BCUT2D eigenvalue weighted by atomic mass is 16.6. The number of rotatable bonds is 6. The molecular formula is C12H18N2O3. The van der Waals surface area contributed by atoms with Crippen LogP contribution in [0.15, 0.2) is 18.2 Å². The largest absolute Gasteiger partial charge is 0.496 e. The normalized spacial score (nSPS) is 11.9. The summed E-state index contributed by atoms with van der Waals surface area (Å²) < 4.78 is 5.04. The van der Waals surface area contributed by atoms with Crippen molar-refractivity contribution in [2.24, 2.45) is 0 Å². The van der Waals surface area contributed by atoms with Crippen LogP contribution in [0.5, 0.6) is 5.75 Å². The molecule has 0 radical (unpaired) electrons. The lowest BCUT2D eigenvalue weighted by atomic mass is 10.2. The molecule has 0 amide bonds. The number of benzene rings is 1. The highest BCUT2D eigenvalue weighted by Crippen LogP contribution is 2.26. The van der Waals surface area contributed by atoms with Crippen LogP contribution in [0.25, 0.3) is 0 Å². The summed E-state index contributed by atoms with van der Waals surface area (Å²) in [6.07, 6.45) is 2.09. The van der Waals surface area contributed by atoms with E-state index in [2.05, 4.69) is 19.2 Å². The Morgan fingerprint density at radius 2 is 2.18 bits per heavy atom. The van der Waals surface area contributed by atoms with Gasteiger partial charge in [0.1, 0.15) is 5.75 Å². The molecule has 0 bridgehead atoms. The molecule has 1 aromatic carbocycles. The van der Waals surface area contributed by atoms with Gasteiger partial charge in [-0.1, -0.05) is 13.3 Å². The van der Waals surface area contributed by atoms with E-state index in [1.165, 1.54) is 19.2 Å². The Labute approximate surface area is 101 Å². The van der Waals surface area contributed by atoms with E-state index in [1.54, 1.807) is 6.07 Å². The standard InChI is InChI=1S/C12H18N2O3/c1-4-5-9(2)13-10-6-11(14(15)16)8-12(7-10)17-3/h6-9,13H,4-5H2,1-3H3. The van der Waals surface area contributed by atoms with Crippen molar-refractivity contribution in [2.45, 2.75) is 32.7 Å². The predicted molar refractivity (Wildman–Crippen MR) is 67.6 cm³/mol. The molecule has 0 aliphatic carbocycles. The number of methoxy groups -OCH3 is 1. The first-order valence-corrected chi connectivity index (χ1v) is 5.66. The van der Waals surface area contributed by atoms with Gasteiger partial charge in [-0.05, 0) is 13.3 Å². The van der Waals surface area contributed by atoms with Gasteiger partial charge in [0.25, 0.3) is 5.69 Å². The molecule has 94 valence electrons. The van der Waals surface area contributed by atoms with Gasteiger partial charge in [0, 0.05) is 23.9 Å². The first kappa shape index (κ1) is 13.3. The molecule has 17 heavy (non-hydrogen) atoms. The lowest BCUT2D eigenvalue weighted by Gasteiger charge is -2.14. The Kier molecular flexibility index (Phi) is 4.75. The van der Waals surface area contributed by atoms with Gasteiger partial charge in [-0.2, -0.15) is 0 Å². The topological polar surface area (TPSA) is 64.4 Å². The summed E-state index contributed by atoms with van der Waals surface area (Å²) in [6.45, 7) is 4.15. The number of nitro benzene ring substituents is 1. The van der Waals surface area contributed by atoms with Gasteiger partial charge in [-0.25, -0.2) is 0 Å². The second kappa shape index (κ2) is 6.08. The fraction of sp³-hybridized carbons (Fsp3) is 0.500. The van der Waals surface area contributed by atoms with Crippen molar-refractivity contribution in [3.8, 4) is 5.75 Å². The highest BCUT2D eigenvalue weighted by Gasteiger charge is 2.11. The second-order valence-electron chi connectivity index (χ2n) is 4.01. The SMILES string of the molecule is CCCC(C)Nc1cc(OC)cc([N+](=O)[O-])c1. The van der Waals surface area contributed by atoms with E-state index in [0.717, 1.165) is 18.5 Å². The highest BCUT2D eigenvalue weighted by molar-refractivity contribution is 5.56. The van der Waals surface area contributed by atoms with E-state index in [4.69, 9.17) is 4.74 Å². The summed E-state index contributed by atoms with van der Waals surface area (Å²) in [6, 6.07) is 4.98. The summed E-state index contributed by atoms with van der Waals surface area (Å²) in [5, 5.41) is 14.0. The maximum absolute atomic E-state index is 10.8. The Bertz CT molecular complexity index is 393. The minimum atomic E-state index is -0.418. The van der Waals surface area contributed by atoms with E-state index in [0.29, 0.717) is 5.75 Å². The zero-order valence-corrected chi connectivity index (χ0v) is 10.4. The number of hydrogen-bond donors (Lipinski definition) is 1. The molecule has 1 aromatic rings. The Balaban J connectivity index is 2.90. The Morgan fingerprint density at radius 3 is 2.71 bits per heavy atom. The van der Waals surface area contributed by atoms with Gasteiger partial charge in [-0.15, -0.1) is 0 Å². The molecule has 1 unspecified atom stereocenters. The molecule has 0 saturated carbocycles. The number of hydrogen-bond acceptors (Lipinski definition) is 4. The van der Waals surface area contributed by atoms with Gasteiger partial charge in [0.15, 0.2) is 0 Å². The van der Waals surface area contributed by atoms with Gasteiger partial charge in [-0.3, -0.25) is 10.1 Å². The number of non-ortho nitro benzene ring substituents is 1. The molecular weight excluding hydrogens is 220 g/mol. The summed E-state index contributed by atoms with van der Waals surface area (Å²) >= 11 is 0. The van der Waals surface area contributed by atoms with E-state index in [-0.39, 0.29) is 11.7 Å². The summed E-state index contributed by atoms with van der Waals surface area (Å²) in [7, 11) is 1.50. The molecule has 1 rings (SSSR count). The Morgan fingerprint density at radius 1 is 1.47 bits per heavy atom. The van der Waals surface area contributed by atoms with Crippen LogP contribution in [-0.4, -0.2) is 18.1 Å². The predicted octanol–water partition coefficient (Wildman–Crippen LogP) is 3.20. The van der Waals surface area contributed by atoms with Crippen LogP contribution in [0.2, 0.25) is 0 Å². The van der Waals surface area contributed by atoms with E-state index >= 15 is 0 Å². The molecule has 0 aliphatic heterocycles. The van der Waals surface area contributed by atoms with Crippen LogP contribution in [0.3, 0.4) is 0 Å². The van der Waals surface area contributed by atoms with Crippen molar-refractivity contribution in [1.29, 1.82) is 0 Å². The van der Waals surface area contributed by atoms with E-state index in [9.17, 15) is 10.1 Å². The summed E-state index contributed by atoms with van der Waals surface area (Å²) in [5.74, 6) is 0.491. The lowest BCUT2D eigenvalue weighted by Crippen LogP contribution is -2.14. The first-order valence-electron chi connectivity index (χ1n) is 5.66. The average Bonchev–Trinajstić information content (AvgIpc) is 2.28. The van der Waals surface area contributed by atoms with Crippen molar-refractivity contribution < 1.29 is 9.66 Å². The zero-order chi connectivity index (χ0) is 12.8. The fourth-order valence-corrected chi connectivity index (χ4v) is 1.68. The maximum Gasteiger partial charge on any atom is 0.275 e. The van der Waals surface area contributed by atoms with E-state index in [1.807, 2.05) is 0 Å². The molecule has 0 fully saturated rings. The average molecular weight is 238 g/mol. The van der Waals surface area contributed by atoms with Crippen LogP contribution in [0, 0.1) is 10.1 Å². The van der Waals surface area contributed by atoms with Crippen LogP contribution in [-0.2, 0) is 0 Å². The molecule has 5 nitrogen and oxygen atoms in total. The van der Waals surface area contributed by atoms with Gasteiger partial charge >= 0.3 is 0 Å². The van der Waals surface area contributed by atoms with Crippen molar-refractivity contribution in [2.75, 3.05) is 12.4 Å². The third-order valence-corrected chi connectivity index (χ3v) is 2.47. The van der Waals surface area contributed by atoms with Gasteiger partial charge < -0.3 is 10.1 Å². The van der Waals surface area contributed by atoms with Crippen molar-refractivity contribution in [3.05, 3.63) is 28.3 Å². The lowest BCUT2D eigenvalue weighted by molar-refractivity contribution is -0.384. The molecule has 0 spiro atoms. The number of ether oxygens (including phenoxy) is 1. The van der Waals surface area contributed by atoms with Gasteiger partial charge in [0.2, 0.25) is 0 Å². The third-order valence-electron chi connectivity index (χ3n) is 2.47. The molecule has 0 aliphatic rings. The number of nitrogens with one attached hydrogen (secondary N) is 1. The summed E-state index contributed by atoms with van der Waals surface area (Å²) in [4.78, 5) is 10.3. The van der Waals surface area contributed by atoms with Crippen molar-refractivity contribution in [1.82, 2.24) is 0 Å². The van der Waals surface area contributed by atoms with Crippen molar-refractivity contribution in [3.63, 3.8) is 0 Å². The van der Waals surface area contributed by atoms with E-state index < -0.39 is 4.92 Å². The van der Waals surface area contributed by atoms with Gasteiger partial charge in [0.05, 0.1) is 18.1 Å². The van der Waals surface area contributed by atoms with Crippen LogP contribution < -0.4 is 10.1 Å². The number of nitro groups is 1. The minimum absolute atomic E-state index is 0.0375. The quantitative estimate of drug-likeness (QED) is 0.610. The van der Waals surface area contributed by atoms with Crippen LogP contribution >= 0.6 is 0 Å². The zero-order valence-electron chi connectivity index (χ0n) is 10.4. The molecule has 0 saturated heterocycles. The molecule has 0 aromatic heterocycles.